The van der Waals surface area contributed by atoms with Gasteiger partial charge in [0, 0.05) is 6.07 Å². The lowest BCUT2D eigenvalue weighted by atomic mass is 9.88. The molecule has 0 spiro atoms. The summed E-state index contributed by atoms with van der Waals surface area (Å²) in [5.74, 6) is 3.28. The van der Waals surface area contributed by atoms with Crippen molar-refractivity contribution in [3.05, 3.63) is 77.1 Å². The van der Waals surface area contributed by atoms with Gasteiger partial charge in [-0.1, -0.05) is 36.4 Å². The molecule has 5 heteroatoms. The quantitative estimate of drug-likeness (QED) is 0.587. The molecule has 1 aliphatic rings. The molecule has 0 fully saturated rings. The molecule has 2 atom stereocenters. The van der Waals surface area contributed by atoms with Crippen molar-refractivity contribution in [2.24, 2.45) is 0 Å². The number of nitrogens with zero attached hydrogens (tertiary/aromatic N) is 2. The van der Waals surface area contributed by atoms with Crippen LogP contribution in [-0.4, -0.2) is 17.1 Å². The van der Waals surface area contributed by atoms with Crippen LogP contribution in [0.3, 0.4) is 0 Å². The summed E-state index contributed by atoms with van der Waals surface area (Å²) in [5.41, 5.74) is 3.97. The highest BCUT2D eigenvalue weighted by molar-refractivity contribution is 5.51. The zero-order valence-electron chi connectivity index (χ0n) is 17.3. The minimum atomic E-state index is 0.0997. The first-order valence-electron chi connectivity index (χ1n) is 10.2. The van der Waals surface area contributed by atoms with Gasteiger partial charge in [-0.3, -0.25) is 0 Å². The molecule has 2 N–H and O–H groups in total. The van der Waals surface area contributed by atoms with Gasteiger partial charge in [0.15, 0.2) is 0 Å². The average molecular weight is 389 g/mol. The van der Waals surface area contributed by atoms with Gasteiger partial charge in [0.05, 0.1) is 19.2 Å². The number of methoxy groups -OCH3 is 1. The van der Waals surface area contributed by atoms with Crippen LogP contribution in [0.25, 0.3) is 0 Å². The molecule has 0 amide bonds. The summed E-state index contributed by atoms with van der Waals surface area (Å²) in [6.45, 7) is 4.05. The van der Waals surface area contributed by atoms with E-state index < -0.39 is 0 Å². The minimum Gasteiger partial charge on any atom is -0.497 e. The molecule has 4 rings (SSSR count). The van der Waals surface area contributed by atoms with E-state index in [1.165, 1.54) is 17.5 Å². The Morgan fingerprint density at radius 3 is 2.72 bits per heavy atom. The number of anilines is 2. The largest absolute Gasteiger partial charge is 0.497 e. The summed E-state index contributed by atoms with van der Waals surface area (Å²) in [6.07, 6.45) is 3.46. The van der Waals surface area contributed by atoms with E-state index in [0.29, 0.717) is 0 Å². The predicted molar refractivity (Wildman–Crippen MR) is 118 cm³/mol. The smallest absolute Gasteiger partial charge is 0.132 e. The fourth-order valence-corrected chi connectivity index (χ4v) is 4.01. The lowest BCUT2D eigenvalue weighted by Gasteiger charge is -2.27. The predicted octanol–water partition coefficient (Wildman–Crippen LogP) is 5.46. The third kappa shape index (κ3) is 4.50. The van der Waals surface area contributed by atoms with Gasteiger partial charge in [0.1, 0.15) is 23.2 Å². The van der Waals surface area contributed by atoms with E-state index in [0.717, 1.165) is 41.6 Å². The van der Waals surface area contributed by atoms with Gasteiger partial charge in [-0.2, -0.15) is 0 Å². The first kappa shape index (κ1) is 19.2. The molecule has 150 valence electrons. The van der Waals surface area contributed by atoms with E-state index in [-0.39, 0.29) is 12.1 Å². The second kappa shape index (κ2) is 8.52. The number of hydrogen-bond acceptors (Lipinski definition) is 5. The number of ether oxygens (including phenoxy) is 1. The summed E-state index contributed by atoms with van der Waals surface area (Å²) in [6, 6.07) is 19.2. The van der Waals surface area contributed by atoms with Crippen LogP contribution in [0.4, 0.5) is 11.6 Å². The van der Waals surface area contributed by atoms with Gasteiger partial charge in [-0.25, -0.2) is 9.97 Å². The van der Waals surface area contributed by atoms with Crippen LogP contribution < -0.4 is 15.4 Å². The van der Waals surface area contributed by atoms with Gasteiger partial charge < -0.3 is 15.4 Å². The molecule has 0 saturated carbocycles. The Hall–Kier alpha value is -3.08. The number of aromatic nitrogens is 2. The van der Waals surface area contributed by atoms with Crippen molar-refractivity contribution in [2.45, 2.75) is 45.2 Å². The van der Waals surface area contributed by atoms with Crippen LogP contribution in [0.1, 0.15) is 54.4 Å². The van der Waals surface area contributed by atoms with Crippen molar-refractivity contribution in [1.29, 1.82) is 0 Å². The third-order valence-corrected chi connectivity index (χ3v) is 5.49. The Morgan fingerprint density at radius 1 is 1.03 bits per heavy atom. The SMILES string of the molecule is COc1cccc(C(C)Nc2cc(NC3CCCc4ccccc43)nc(C)n2)c1. The topological polar surface area (TPSA) is 59.1 Å². The second-order valence-corrected chi connectivity index (χ2v) is 7.62. The Kier molecular flexibility index (Phi) is 5.65. The van der Waals surface area contributed by atoms with E-state index in [1.54, 1.807) is 7.11 Å². The lowest BCUT2D eigenvalue weighted by Crippen LogP contribution is -2.18. The summed E-state index contributed by atoms with van der Waals surface area (Å²) in [5, 5.41) is 7.14. The van der Waals surface area contributed by atoms with Crippen LogP contribution in [0.5, 0.6) is 5.75 Å². The average Bonchev–Trinajstić information content (AvgIpc) is 2.73. The van der Waals surface area contributed by atoms with Crippen LogP contribution in [0, 0.1) is 6.92 Å². The zero-order valence-corrected chi connectivity index (χ0v) is 17.3. The van der Waals surface area contributed by atoms with E-state index in [1.807, 2.05) is 31.2 Å². The van der Waals surface area contributed by atoms with Gasteiger partial charge >= 0.3 is 0 Å². The second-order valence-electron chi connectivity index (χ2n) is 7.62. The fourth-order valence-electron chi connectivity index (χ4n) is 4.01. The summed E-state index contributed by atoms with van der Waals surface area (Å²) < 4.78 is 5.34. The van der Waals surface area contributed by atoms with E-state index in [2.05, 4.69) is 57.9 Å². The zero-order chi connectivity index (χ0) is 20.2. The van der Waals surface area contributed by atoms with Gasteiger partial charge in [0.25, 0.3) is 0 Å². The van der Waals surface area contributed by atoms with Gasteiger partial charge in [-0.05, 0) is 61.9 Å². The molecule has 0 bridgehead atoms. The highest BCUT2D eigenvalue weighted by Crippen LogP contribution is 2.32. The van der Waals surface area contributed by atoms with Crippen molar-refractivity contribution in [3.8, 4) is 5.75 Å². The molecular formula is C24H28N4O. The Balaban J connectivity index is 1.52. The summed E-state index contributed by atoms with van der Waals surface area (Å²) in [4.78, 5) is 9.21. The van der Waals surface area contributed by atoms with Crippen molar-refractivity contribution >= 4 is 11.6 Å². The molecule has 5 nitrogen and oxygen atoms in total. The first-order chi connectivity index (χ1) is 14.1. The Labute approximate surface area is 172 Å². The van der Waals surface area contributed by atoms with Crippen molar-refractivity contribution in [1.82, 2.24) is 9.97 Å². The molecular weight excluding hydrogens is 360 g/mol. The van der Waals surface area contributed by atoms with E-state index in [9.17, 15) is 0 Å². The van der Waals surface area contributed by atoms with Crippen molar-refractivity contribution in [3.63, 3.8) is 0 Å². The molecule has 29 heavy (non-hydrogen) atoms. The standard InChI is InChI=1S/C24H28N4O/c1-16(19-10-6-11-20(14-19)29-3)25-23-15-24(27-17(2)26-23)28-22-13-7-9-18-8-4-5-12-21(18)22/h4-6,8,10-12,14-16,22H,7,9,13H2,1-3H3,(H2,25,26,27,28). The number of nitrogens with one attached hydrogen (secondary N) is 2. The van der Waals surface area contributed by atoms with E-state index in [4.69, 9.17) is 4.74 Å². The Bertz CT molecular complexity index is 988. The van der Waals surface area contributed by atoms with Gasteiger partial charge in [0.2, 0.25) is 0 Å². The van der Waals surface area contributed by atoms with Crippen molar-refractivity contribution < 1.29 is 4.74 Å². The monoisotopic (exact) mass is 388 g/mol. The van der Waals surface area contributed by atoms with Crippen LogP contribution in [-0.2, 0) is 6.42 Å². The molecule has 1 aromatic heterocycles. The van der Waals surface area contributed by atoms with Crippen molar-refractivity contribution in [2.75, 3.05) is 17.7 Å². The number of benzene rings is 2. The molecule has 0 saturated heterocycles. The first-order valence-corrected chi connectivity index (χ1v) is 10.2. The normalized spacial score (nSPS) is 16.6. The maximum Gasteiger partial charge on any atom is 0.132 e. The Morgan fingerprint density at radius 2 is 1.86 bits per heavy atom. The molecule has 0 aliphatic heterocycles. The fraction of sp³-hybridized carbons (Fsp3) is 0.333. The number of rotatable bonds is 6. The number of fused-ring (bicyclic) bond motifs is 1. The molecule has 2 unspecified atom stereocenters. The maximum absolute atomic E-state index is 5.34. The maximum atomic E-state index is 5.34. The molecule has 0 radical (unpaired) electrons. The molecule has 1 aliphatic carbocycles. The molecule has 3 aromatic rings. The number of aryl methyl sites for hydroxylation is 2. The lowest BCUT2D eigenvalue weighted by molar-refractivity contribution is 0.414. The third-order valence-electron chi connectivity index (χ3n) is 5.49. The summed E-state index contributed by atoms with van der Waals surface area (Å²) >= 11 is 0. The van der Waals surface area contributed by atoms with E-state index >= 15 is 0 Å². The summed E-state index contributed by atoms with van der Waals surface area (Å²) in [7, 11) is 1.69. The highest BCUT2D eigenvalue weighted by Gasteiger charge is 2.20. The van der Waals surface area contributed by atoms with Crippen LogP contribution >= 0.6 is 0 Å². The highest BCUT2D eigenvalue weighted by atomic mass is 16.5. The van der Waals surface area contributed by atoms with Crippen LogP contribution in [0.2, 0.25) is 0 Å². The van der Waals surface area contributed by atoms with Crippen LogP contribution in [0.15, 0.2) is 54.6 Å². The van der Waals surface area contributed by atoms with Gasteiger partial charge in [-0.15, -0.1) is 0 Å². The number of hydrogen-bond donors (Lipinski definition) is 2. The minimum absolute atomic E-state index is 0.0997. The molecule has 1 heterocycles. The molecule has 2 aromatic carbocycles.